The molecule has 4 aromatic rings. The first-order valence-electron chi connectivity index (χ1n) is 16.0. The second-order valence-corrected chi connectivity index (χ2v) is 13.6. The van der Waals surface area contributed by atoms with Crippen molar-refractivity contribution >= 4 is 44.3 Å². The summed E-state index contributed by atoms with van der Waals surface area (Å²) in [5.74, 6) is 1.91. The minimum Gasteiger partial charge on any atom is -0.492 e. The minimum atomic E-state index is 0.760. The summed E-state index contributed by atoms with van der Waals surface area (Å²) in [4.78, 5) is 7.22. The normalized spacial score (nSPS) is 11.5. The number of hydrogen-bond donors (Lipinski definition) is 0. The van der Waals surface area contributed by atoms with Gasteiger partial charge in [0.1, 0.15) is 11.5 Å². The Kier molecular flexibility index (Phi) is 14.5. The first-order chi connectivity index (χ1) is 20.3. The summed E-state index contributed by atoms with van der Waals surface area (Å²) < 4.78 is 18.3. The third-order valence-corrected chi connectivity index (χ3v) is 10.3. The number of pyridine rings is 1. The predicted molar refractivity (Wildman–Crippen MR) is 180 cm³/mol. The lowest BCUT2D eigenvalue weighted by Gasteiger charge is -2.10. The number of hydrogen-bond acceptors (Lipinski definition) is 7. The first-order valence-corrected chi connectivity index (χ1v) is 18.5. The highest BCUT2D eigenvalue weighted by molar-refractivity contribution is 7.17. The van der Waals surface area contributed by atoms with Gasteiger partial charge in [-0.15, -0.1) is 22.7 Å². The maximum absolute atomic E-state index is 6.27. The van der Waals surface area contributed by atoms with Crippen LogP contribution in [0.5, 0.6) is 11.5 Å². The maximum Gasteiger partial charge on any atom is 0.139 e. The molecule has 0 radical (unpaired) electrons. The molecule has 0 saturated heterocycles. The molecule has 41 heavy (non-hydrogen) atoms. The van der Waals surface area contributed by atoms with Crippen molar-refractivity contribution < 1.29 is 9.47 Å². The number of rotatable bonds is 22. The Hall–Kier alpha value is -1.96. The average Bonchev–Trinajstić information content (AvgIpc) is 3.76. The van der Waals surface area contributed by atoms with Gasteiger partial charge < -0.3 is 9.47 Å². The molecule has 0 aliphatic carbocycles. The number of thiophene rings is 2. The Morgan fingerprint density at radius 2 is 1.12 bits per heavy atom. The van der Waals surface area contributed by atoms with Gasteiger partial charge >= 0.3 is 0 Å². The van der Waals surface area contributed by atoms with Crippen molar-refractivity contribution in [2.24, 2.45) is 0 Å². The van der Waals surface area contributed by atoms with Crippen LogP contribution in [-0.4, -0.2) is 22.6 Å². The number of ether oxygens (including phenoxy) is 2. The van der Waals surface area contributed by atoms with Crippen molar-refractivity contribution in [2.45, 2.75) is 117 Å². The second kappa shape index (κ2) is 18.6. The van der Waals surface area contributed by atoms with Crippen LogP contribution >= 0.6 is 34.2 Å². The fraction of sp³-hybridized carbons (Fsp3) is 0.588. The van der Waals surface area contributed by atoms with Crippen LogP contribution in [-0.2, 0) is 0 Å². The monoisotopic (exact) mass is 612 g/mol. The molecular formula is C34H48N2O2S3. The zero-order valence-corrected chi connectivity index (χ0v) is 27.6. The van der Waals surface area contributed by atoms with Crippen LogP contribution in [0.3, 0.4) is 0 Å². The van der Waals surface area contributed by atoms with Gasteiger partial charge in [0.2, 0.25) is 0 Å². The van der Waals surface area contributed by atoms with Crippen molar-refractivity contribution in [2.75, 3.05) is 13.2 Å². The SMILES string of the molecule is CCCCCCCCCCOc1ccsc1-c1ncc(-c2sccc2OCCCCCCCCCC)c2sncc12. The highest BCUT2D eigenvalue weighted by Crippen LogP contribution is 2.45. The minimum absolute atomic E-state index is 0.760. The van der Waals surface area contributed by atoms with E-state index in [1.807, 2.05) is 12.4 Å². The molecule has 0 spiro atoms. The number of nitrogens with zero attached hydrogens (tertiary/aromatic N) is 2. The number of unbranched alkanes of at least 4 members (excludes halogenated alkanes) is 14. The molecule has 0 aromatic carbocycles. The molecule has 7 heteroatoms. The standard InChI is InChI=1S/C34H48N2O2S3/c1-3-5-7-9-11-13-15-17-21-37-29-19-23-39-33(29)28-25-35-31(27-26-36-41-32(27)28)34-30(20-24-40-34)38-22-18-16-14-12-10-8-6-4-2/h19-20,23-26H,3-18,21-22H2,1-2H3. The van der Waals surface area contributed by atoms with E-state index < -0.39 is 0 Å². The Bertz CT molecular complexity index is 1170. The first kappa shape index (κ1) is 32.0. The molecule has 0 saturated carbocycles. The quantitative estimate of drug-likeness (QED) is 0.0828. The maximum atomic E-state index is 6.27. The Balaban J connectivity index is 1.31. The van der Waals surface area contributed by atoms with Crippen molar-refractivity contribution in [1.82, 2.24) is 9.36 Å². The van der Waals surface area contributed by atoms with Gasteiger partial charge in [-0.2, -0.15) is 4.37 Å². The molecule has 224 valence electrons. The number of aromatic nitrogens is 2. The molecule has 0 N–H and O–H groups in total. The molecule has 0 aliphatic heterocycles. The molecule has 4 heterocycles. The summed E-state index contributed by atoms with van der Waals surface area (Å²) in [7, 11) is 0. The largest absolute Gasteiger partial charge is 0.492 e. The summed E-state index contributed by atoms with van der Waals surface area (Å²) in [5, 5.41) is 5.32. The summed E-state index contributed by atoms with van der Waals surface area (Å²) in [6, 6.07) is 4.18. The van der Waals surface area contributed by atoms with E-state index in [0.717, 1.165) is 68.7 Å². The van der Waals surface area contributed by atoms with Gasteiger partial charge in [-0.25, -0.2) is 0 Å². The molecule has 0 fully saturated rings. The lowest BCUT2D eigenvalue weighted by Crippen LogP contribution is -1.98. The van der Waals surface area contributed by atoms with Crippen LogP contribution in [0, 0.1) is 0 Å². The van der Waals surface area contributed by atoms with Gasteiger partial charge in [0.25, 0.3) is 0 Å². The van der Waals surface area contributed by atoms with E-state index in [2.05, 4.69) is 41.1 Å². The molecule has 0 bridgehead atoms. The molecule has 4 rings (SSSR count). The summed E-state index contributed by atoms with van der Waals surface area (Å²) in [6.07, 6.45) is 24.8. The zero-order chi connectivity index (χ0) is 28.5. The molecule has 0 aliphatic rings. The van der Waals surface area contributed by atoms with Crippen molar-refractivity contribution in [1.29, 1.82) is 0 Å². The lowest BCUT2D eigenvalue weighted by atomic mass is 10.1. The second-order valence-electron chi connectivity index (χ2n) is 11.0. The fourth-order valence-corrected chi connectivity index (χ4v) is 7.76. The summed E-state index contributed by atoms with van der Waals surface area (Å²) in [6.45, 7) is 6.07. The van der Waals surface area contributed by atoms with Crippen LogP contribution in [0.15, 0.2) is 35.3 Å². The topological polar surface area (TPSA) is 44.2 Å². The molecule has 0 amide bonds. The Morgan fingerprint density at radius 1 is 0.610 bits per heavy atom. The van der Waals surface area contributed by atoms with Gasteiger partial charge in [-0.1, -0.05) is 104 Å². The van der Waals surface area contributed by atoms with Crippen LogP contribution in [0.1, 0.15) is 117 Å². The van der Waals surface area contributed by atoms with Crippen molar-refractivity contribution in [3.05, 3.63) is 35.3 Å². The molecular weight excluding hydrogens is 565 g/mol. The van der Waals surface area contributed by atoms with E-state index in [4.69, 9.17) is 14.5 Å². The Labute approximate surface area is 259 Å². The third kappa shape index (κ3) is 9.79. The highest BCUT2D eigenvalue weighted by atomic mass is 32.1. The van der Waals surface area contributed by atoms with Gasteiger partial charge in [0, 0.05) is 17.1 Å². The van der Waals surface area contributed by atoms with Crippen molar-refractivity contribution in [3.63, 3.8) is 0 Å². The highest BCUT2D eigenvalue weighted by Gasteiger charge is 2.20. The summed E-state index contributed by atoms with van der Waals surface area (Å²) >= 11 is 4.96. The molecule has 4 nitrogen and oxygen atoms in total. The predicted octanol–water partition coefficient (Wildman–Crippen LogP) is 12.2. The summed E-state index contributed by atoms with van der Waals surface area (Å²) in [5.41, 5.74) is 2.08. The van der Waals surface area contributed by atoms with Gasteiger partial charge in [-0.05, 0) is 47.3 Å². The smallest absolute Gasteiger partial charge is 0.139 e. The lowest BCUT2D eigenvalue weighted by molar-refractivity contribution is 0.306. The molecule has 0 atom stereocenters. The van der Waals surface area contributed by atoms with E-state index in [1.165, 1.54) is 101 Å². The van der Waals surface area contributed by atoms with E-state index in [1.54, 1.807) is 22.7 Å². The van der Waals surface area contributed by atoms with E-state index in [0.29, 0.717) is 0 Å². The fourth-order valence-electron chi connectivity index (χ4n) is 5.23. The molecule has 4 aromatic heterocycles. The van der Waals surface area contributed by atoms with Crippen molar-refractivity contribution in [3.8, 4) is 32.5 Å². The van der Waals surface area contributed by atoms with E-state index in [9.17, 15) is 0 Å². The average molecular weight is 613 g/mol. The van der Waals surface area contributed by atoms with E-state index >= 15 is 0 Å². The zero-order valence-electron chi connectivity index (χ0n) is 25.1. The van der Waals surface area contributed by atoms with Crippen LogP contribution in [0.2, 0.25) is 0 Å². The number of fused-ring (bicyclic) bond motifs is 1. The Morgan fingerprint density at radius 3 is 1.71 bits per heavy atom. The van der Waals surface area contributed by atoms with Crippen LogP contribution < -0.4 is 9.47 Å². The van der Waals surface area contributed by atoms with E-state index in [-0.39, 0.29) is 0 Å². The van der Waals surface area contributed by atoms with Gasteiger partial charge in [-0.3, -0.25) is 4.98 Å². The molecule has 0 unspecified atom stereocenters. The third-order valence-electron chi connectivity index (χ3n) is 7.62. The van der Waals surface area contributed by atoms with Gasteiger partial charge in [0.05, 0.1) is 39.6 Å². The van der Waals surface area contributed by atoms with Crippen LogP contribution in [0.25, 0.3) is 31.1 Å². The van der Waals surface area contributed by atoms with Gasteiger partial charge in [0.15, 0.2) is 0 Å². The van der Waals surface area contributed by atoms with Crippen LogP contribution in [0.4, 0.5) is 0 Å².